The Balaban J connectivity index is 2.34. The van der Waals surface area contributed by atoms with Gasteiger partial charge in [0, 0.05) is 21.3 Å². The summed E-state index contributed by atoms with van der Waals surface area (Å²) in [6.07, 6.45) is 5.08. The monoisotopic (exact) mass is 229 g/mol. The molecule has 11 heavy (non-hydrogen) atoms. The minimum absolute atomic E-state index is 0.634. The molecule has 1 heterocycles. The van der Waals surface area contributed by atoms with Crippen LogP contribution in [0.3, 0.4) is 0 Å². The summed E-state index contributed by atoms with van der Waals surface area (Å²) in [6, 6.07) is 2.09. The number of hydrogen-bond acceptors (Lipinski definition) is 2. The van der Waals surface area contributed by atoms with Gasteiger partial charge in [0.1, 0.15) is 0 Å². The van der Waals surface area contributed by atoms with Crippen molar-refractivity contribution in [3.05, 3.63) is 20.8 Å². The van der Waals surface area contributed by atoms with E-state index < -0.39 is 0 Å². The Hall–Kier alpha value is -0.300. The molecular weight excluding hydrogens is 222 g/mol. The van der Waals surface area contributed by atoms with E-state index in [-0.39, 0.29) is 0 Å². The number of nitrogens with one attached hydrogen (secondary N) is 1. The Morgan fingerprint density at radius 2 is 2.55 bits per heavy atom. The first-order valence-corrected chi connectivity index (χ1v) is 4.87. The van der Waals surface area contributed by atoms with Crippen LogP contribution in [0.25, 0.3) is 0 Å². The van der Waals surface area contributed by atoms with Gasteiger partial charge in [0.25, 0.3) is 0 Å². The first-order valence-electron chi connectivity index (χ1n) is 3.20. The molecule has 0 aliphatic carbocycles. The highest BCUT2D eigenvalue weighted by Gasteiger charge is 1.94. The van der Waals surface area contributed by atoms with Crippen molar-refractivity contribution in [2.24, 2.45) is 0 Å². The average molecular weight is 230 g/mol. The molecule has 58 valence electrons. The van der Waals surface area contributed by atoms with Crippen LogP contribution in [0.2, 0.25) is 0 Å². The van der Waals surface area contributed by atoms with Gasteiger partial charge in [-0.25, -0.2) is 0 Å². The molecule has 0 atom stereocenters. The van der Waals surface area contributed by atoms with Gasteiger partial charge in [0.2, 0.25) is 0 Å². The molecule has 1 aromatic heterocycles. The summed E-state index contributed by atoms with van der Waals surface area (Å²) in [6.45, 7) is 1.50. The third-order valence-corrected chi connectivity index (χ3v) is 2.85. The summed E-state index contributed by atoms with van der Waals surface area (Å²) >= 11 is 5.11. The zero-order valence-electron chi connectivity index (χ0n) is 5.93. The predicted molar refractivity (Wildman–Crippen MR) is 52.6 cm³/mol. The van der Waals surface area contributed by atoms with Gasteiger partial charge in [-0.15, -0.1) is 17.8 Å². The maximum Gasteiger partial charge on any atom is 0.0576 e. The van der Waals surface area contributed by atoms with E-state index in [2.05, 4.69) is 38.6 Å². The van der Waals surface area contributed by atoms with Crippen LogP contribution in [0.5, 0.6) is 0 Å². The Kier molecular flexibility index (Phi) is 3.64. The molecule has 0 saturated heterocycles. The molecule has 0 spiro atoms. The number of terminal acetylenes is 1. The number of rotatable bonds is 3. The summed E-state index contributed by atoms with van der Waals surface area (Å²) in [7, 11) is 0. The van der Waals surface area contributed by atoms with Crippen LogP contribution >= 0.6 is 27.3 Å². The van der Waals surface area contributed by atoms with E-state index in [1.54, 1.807) is 11.3 Å². The largest absolute Gasteiger partial charge is 0.301 e. The number of thiophene rings is 1. The lowest BCUT2D eigenvalue weighted by Gasteiger charge is -1.94. The average Bonchev–Trinajstić information content (AvgIpc) is 2.37. The van der Waals surface area contributed by atoms with Crippen LogP contribution in [-0.4, -0.2) is 6.54 Å². The van der Waals surface area contributed by atoms with Crippen molar-refractivity contribution in [3.63, 3.8) is 0 Å². The van der Waals surface area contributed by atoms with E-state index in [1.807, 2.05) is 0 Å². The highest BCUT2D eigenvalue weighted by Crippen LogP contribution is 2.19. The molecule has 0 saturated carbocycles. The third-order valence-electron chi connectivity index (χ3n) is 1.15. The van der Waals surface area contributed by atoms with Crippen molar-refractivity contribution >= 4 is 27.3 Å². The molecule has 0 fully saturated rings. The summed E-state index contributed by atoms with van der Waals surface area (Å²) in [5.74, 6) is 2.53. The van der Waals surface area contributed by atoms with Crippen molar-refractivity contribution in [1.82, 2.24) is 5.32 Å². The Morgan fingerprint density at radius 3 is 3.09 bits per heavy atom. The first-order chi connectivity index (χ1) is 5.33. The normalized spacial score (nSPS) is 9.45. The Labute approximate surface area is 78.9 Å². The maximum atomic E-state index is 5.08. The molecule has 1 N–H and O–H groups in total. The zero-order chi connectivity index (χ0) is 8.10. The van der Waals surface area contributed by atoms with E-state index in [1.165, 1.54) is 4.88 Å². The molecule has 0 aliphatic rings. The van der Waals surface area contributed by atoms with Gasteiger partial charge < -0.3 is 5.32 Å². The van der Waals surface area contributed by atoms with Crippen LogP contribution in [0.1, 0.15) is 4.88 Å². The summed E-state index contributed by atoms with van der Waals surface area (Å²) in [5.41, 5.74) is 0. The van der Waals surface area contributed by atoms with E-state index in [4.69, 9.17) is 6.42 Å². The molecule has 1 nitrogen and oxygen atoms in total. The smallest absolute Gasteiger partial charge is 0.0576 e. The van der Waals surface area contributed by atoms with E-state index in [9.17, 15) is 0 Å². The van der Waals surface area contributed by atoms with Gasteiger partial charge in [-0.3, -0.25) is 0 Å². The van der Waals surface area contributed by atoms with Crippen LogP contribution < -0.4 is 5.32 Å². The summed E-state index contributed by atoms with van der Waals surface area (Å²) in [5, 5.41) is 5.18. The van der Waals surface area contributed by atoms with E-state index >= 15 is 0 Å². The zero-order valence-corrected chi connectivity index (χ0v) is 8.33. The molecule has 0 radical (unpaired) electrons. The second-order valence-corrected chi connectivity index (χ2v) is 3.95. The van der Waals surface area contributed by atoms with E-state index in [0.717, 1.165) is 11.0 Å². The fraction of sp³-hybridized carbons (Fsp3) is 0.250. The van der Waals surface area contributed by atoms with Crippen LogP contribution in [0, 0.1) is 12.3 Å². The Morgan fingerprint density at radius 1 is 1.73 bits per heavy atom. The van der Waals surface area contributed by atoms with Gasteiger partial charge in [0.15, 0.2) is 0 Å². The Bertz CT molecular complexity index is 261. The van der Waals surface area contributed by atoms with Crippen LogP contribution in [0.4, 0.5) is 0 Å². The number of halogens is 1. The van der Waals surface area contributed by atoms with Crippen molar-refractivity contribution in [3.8, 4) is 12.3 Å². The predicted octanol–water partition coefficient (Wildman–Crippen LogP) is 2.23. The minimum Gasteiger partial charge on any atom is -0.301 e. The lowest BCUT2D eigenvalue weighted by atomic mass is 10.4. The summed E-state index contributed by atoms with van der Waals surface area (Å²) < 4.78 is 1.14. The van der Waals surface area contributed by atoms with Crippen LogP contribution in [-0.2, 0) is 6.54 Å². The van der Waals surface area contributed by atoms with Crippen molar-refractivity contribution < 1.29 is 0 Å². The van der Waals surface area contributed by atoms with Crippen molar-refractivity contribution in [1.29, 1.82) is 0 Å². The lowest BCUT2D eigenvalue weighted by molar-refractivity contribution is 0.781. The van der Waals surface area contributed by atoms with Crippen molar-refractivity contribution in [2.45, 2.75) is 6.54 Å². The van der Waals surface area contributed by atoms with Gasteiger partial charge in [0.05, 0.1) is 6.54 Å². The second-order valence-electron chi connectivity index (χ2n) is 2.04. The van der Waals surface area contributed by atoms with Gasteiger partial charge in [-0.1, -0.05) is 5.92 Å². The molecule has 1 aromatic rings. The molecule has 0 unspecified atom stereocenters. The quantitative estimate of drug-likeness (QED) is 0.620. The molecular formula is C8H8BrNS. The van der Waals surface area contributed by atoms with E-state index in [0.29, 0.717) is 6.54 Å². The van der Waals surface area contributed by atoms with Crippen molar-refractivity contribution in [2.75, 3.05) is 6.54 Å². The highest BCUT2D eigenvalue weighted by molar-refractivity contribution is 9.10. The minimum atomic E-state index is 0.634. The second kappa shape index (κ2) is 4.55. The standard InChI is InChI=1S/C8H8BrNS/c1-2-3-10-5-8-4-7(9)6-11-8/h1,4,6,10H,3,5H2. The van der Waals surface area contributed by atoms with Gasteiger partial charge in [-0.05, 0) is 22.0 Å². The summed E-state index contributed by atoms with van der Waals surface area (Å²) in [4.78, 5) is 1.30. The molecule has 0 bridgehead atoms. The lowest BCUT2D eigenvalue weighted by Crippen LogP contribution is -2.11. The molecule has 0 amide bonds. The number of hydrogen-bond donors (Lipinski definition) is 1. The molecule has 0 aliphatic heterocycles. The fourth-order valence-corrected chi connectivity index (χ4v) is 2.13. The molecule has 1 rings (SSSR count). The fourth-order valence-electron chi connectivity index (χ4n) is 0.704. The van der Waals surface area contributed by atoms with Gasteiger partial charge >= 0.3 is 0 Å². The highest BCUT2D eigenvalue weighted by atomic mass is 79.9. The molecule has 3 heteroatoms. The first kappa shape index (κ1) is 8.79. The molecule has 0 aromatic carbocycles. The van der Waals surface area contributed by atoms with Gasteiger partial charge in [-0.2, -0.15) is 0 Å². The van der Waals surface area contributed by atoms with Crippen LogP contribution in [0.15, 0.2) is 15.9 Å². The maximum absolute atomic E-state index is 5.08. The topological polar surface area (TPSA) is 12.0 Å². The SMILES string of the molecule is C#CCNCc1cc(Br)cs1. The third kappa shape index (κ3) is 3.06.